The molecule has 1 aromatic heterocycles. The molecule has 1 atom stereocenters. The Kier molecular flexibility index (Phi) is 5.31. The van der Waals surface area contributed by atoms with Gasteiger partial charge in [-0.2, -0.15) is 4.98 Å². The van der Waals surface area contributed by atoms with Crippen LogP contribution in [0.4, 0.5) is 17.5 Å². The zero-order valence-corrected chi connectivity index (χ0v) is 16.3. The highest BCUT2D eigenvalue weighted by atomic mass is 32.2. The Hall–Kier alpha value is -2.68. The Balaban J connectivity index is 1.78. The number of sulfone groups is 1. The Morgan fingerprint density at radius 2 is 1.96 bits per heavy atom. The molecule has 1 fully saturated rings. The summed E-state index contributed by atoms with van der Waals surface area (Å²) in [6.07, 6.45) is 0.577. The Labute approximate surface area is 158 Å². The standard InChI is InChI=1S/C18H22N4O4S/c1-12-10-16(20-14-6-4-13(5-7-14)17(23)26-3)21-18(19-12)22(2)15-8-9-27(24,25)11-15/h4-7,10,15H,8-9,11H2,1-3H3,(H,19,20,21). The number of rotatable bonds is 5. The van der Waals surface area contributed by atoms with Gasteiger partial charge in [0.1, 0.15) is 5.82 Å². The number of benzene rings is 1. The fourth-order valence-electron chi connectivity index (χ4n) is 2.97. The maximum Gasteiger partial charge on any atom is 0.337 e. The van der Waals surface area contributed by atoms with Gasteiger partial charge < -0.3 is 15.0 Å². The first kappa shape index (κ1) is 19.1. The minimum Gasteiger partial charge on any atom is -0.465 e. The van der Waals surface area contributed by atoms with E-state index in [1.165, 1.54) is 7.11 Å². The van der Waals surface area contributed by atoms with Crippen LogP contribution in [0.1, 0.15) is 22.5 Å². The lowest BCUT2D eigenvalue weighted by Gasteiger charge is -2.24. The predicted octanol–water partition coefficient (Wildman–Crippen LogP) is 1.94. The second-order valence-electron chi connectivity index (χ2n) is 6.56. The summed E-state index contributed by atoms with van der Waals surface area (Å²) in [6, 6.07) is 8.53. The topological polar surface area (TPSA) is 101 Å². The van der Waals surface area contributed by atoms with E-state index in [2.05, 4.69) is 20.0 Å². The summed E-state index contributed by atoms with van der Waals surface area (Å²) >= 11 is 0. The minimum atomic E-state index is -2.98. The molecule has 1 N–H and O–H groups in total. The van der Waals surface area contributed by atoms with E-state index < -0.39 is 15.8 Å². The first-order chi connectivity index (χ1) is 12.8. The van der Waals surface area contributed by atoms with Gasteiger partial charge in [-0.05, 0) is 37.6 Å². The molecule has 1 aliphatic rings. The van der Waals surface area contributed by atoms with Gasteiger partial charge in [0.15, 0.2) is 9.84 Å². The zero-order valence-electron chi connectivity index (χ0n) is 15.5. The van der Waals surface area contributed by atoms with Crippen LogP contribution in [0.15, 0.2) is 30.3 Å². The molecule has 2 heterocycles. The molecule has 9 heteroatoms. The molecule has 144 valence electrons. The van der Waals surface area contributed by atoms with E-state index in [4.69, 9.17) is 0 Å². The van der Waals surface area contributed by atoms with E-state index >= 15 is 0 Å². The van der Waals surface area contributed by atoms with Crippen molar-refractivity contribution in [2.24, 2.45) is 0 Å². The zero-order chi connectivity index (χ0) is 19.6. The first-order valence-corrected chi connectivity index (χ1v) is 10.3. The number of anilines is 3. The molecule has 0 spiro atoms. The number of nitrogens with zero attached hydrogens (tertiary/aromatic N) is 3. The summed E-state index contributed by atoms with van der Waals surface area (Å²) in [7, 11) is 0.172. The van der Waals surface area contributed by atoms with Crippen LogP contribution in [0.3, 0.4) is 0 Å². The van der Waals surface area contributed by atoms with Gasteiger partial charge in [-0.3, -0.25) is 0 Å². The molecule has 1 aromatic carbocycles. The van der Waals surface area contributed by atoms with Crippen molar-refractivity contribution in [3.8, 4) is 0 Å². The summed E-state index contributed by atoms with van der Waals surface area (Å²) < 4.78 is 28.2. The Bertz CT molecular complexity index is 944. The second-order valence-corrected chi connectivity index (χ2v) is 8.78. The Morgan fingerprint density at radius 3 is 2.56 bits per heavy atom. The van der Waals surface area contributed by atoms with Gasteiger partial charge >= 0.3 is 5.97 Å². The lowest BCUT2D eigenvalue weighted by Crippen LogP contribution is -2.34. The van der Waals surface area contributed by atoms with Crippen molar-refractivity contribution < 1.29 is 17.9 Å². The van der Waals surface area contributed by atoms with Crippen LogP contribution in [-0.4, -0.2) is 56.1 Å². The molecule has 27 heavy (non-hydrogen) atoms. The number of hydrogen-bond acceptors (Lipinski definition) is 8. The van der Waals surface area contributed by atoms with Gasteiger partial charge in [-0.1, -0.05) is 0 Å². The van der Waals surface area contributed by atoms with E-state index in [0.717, 1.165) is 11.4 Å². The molecule has 1 aliphatic heterocycles. The SMILES string of the molecule is COC(=O)c1ccc(Nc2cc(C)nc(N(C)C3CCS(=O)(=O)C3)n2)cc1. The fraction of sp³-hybridized carbons (Fsp3) is 0.389. The quantitative estimate of drug-likeness (QED) is 0.773. The maximum atomic E-state index is 11.7. The predicted molar refractivity (Wildman–Crippen MR) is 103 cm³/mol. The highest BCUT2D eigenvalue weighted by Gasteiger charge is 2.31. The van der Waals surface area contributed by atoms with Gasteiger partial charge in [0.2, 0.25) is 5.95 Å². The second kappa shape index (κ2) is 7.51. The first-order valence-electron chi connectivity index (χ1n) is 8.52. The number of nitrogens with one attached hydrogen (secondary N) is 1. The molecule has 0 aliphatic carbocycles. The molecule has 0 bridgehead atoms. The maximum absolute atomic E-state index is 11.7. The van der Waals surface area contributed by atoms with E-state index in [0.29, 0.717) is 23.8 Å². The van der Waals surface area contributed by atoms with Crippen LogP contribution >= 0.6 is 0 Å². The summed E-state index contributed by atoms with van der Waals surface area (Å²) in [5, 5.41) is 3.18. The van der Waals surface area contributed by atoms with Gasteiger partial charge in [-0.25, -0.2) is 18.2 Å². The molecule has 1 unspecified atom stereocenters. The fourth-order valence-corrected chi connectivity index (χ4v) is 4.75. The van der Waals surface area contributed by atoms with Crippen molar-refractivity contribution in [3.05, 3.63) is 41.6 Å². The number of hydrogen-bond donors (Lipinski definition) is 1. The summed E-state index contributed by atoms with van der Waals surface area (Å²) in [4.78, 5) is 22.3. The molecule has 0 saturated carbocycles. The van der Waals surface area contributed by atoms with Gasteiger partial charge in [0.25, 0.3) is 0 Å². The lowest BCUT2D eigenvalue weighted by molar-refractivity contribution is 0.0600. The number of carbonyl (C=O) groups excluding carboxylic acids is 1. The van der Waals surface area contributed by atoms with E-state index in [1.807, 2.05) is 18.9 Å². The van der Waals surface area contributed by atoms with E-state index in [-0.39, 0.29) is 17.5 Å². The number of ether oxygens (including phenoxy) is 1. The molecule has 2 aromatic rings. The van der Waals surface area contributed by atoms with Crippen LogP contribution in [0.25, 0.3) is 0 Å². The number of methoxy groups -OCH3 is 1. The molecule has 3 rings (SSSR count). The third kappa shape index (κ3) is 4.54. The van der Waals surface area contributed by atoms with Crippen molar-refractivity contribution in [3.63, 3.8) is 0 Å². The van der Waals surface area contributed by atoms with Gasteiger partial charge in [0, 0.05) is 30.5 Å². The smallest absolute Gasteiger partial charge is 0.337 e. The van der Waals surface area contributed by atoms with Crippen molar-refractivity contribution in [2.45, 2.75) is 19.4 Å². The average Bonchev–Trinajstić information content (AvgIpc) is 3.00. The van der Waals surface area contributed by atoms with Crippen LogP contribution in [-0.2, 0) is 14.6 Å². The van der Waals surface area contributed by atoms with Crippen LogP contribution in [0, 0.1) is 6.92 Å². The number of aromatic nitrogens is 2. The summed E-state index contributed by atoms with van der Waals surface area (Å²) in [6.45, 7) is 1.86. The highest BCUT2D eigenvalue weighted by Crippen LogP contribution is 2.23. The lowest BCUT2D eigenvalue weighted by atomic mass is 10.2. The van der Waals surface area contributed by atoms with Gasteiger partial charge in [0.05, 0.1) is 24.2 Å². The molecular weight excluding hydrogens is 368 g/mol. The number of esters is 1. The largest absolute Gasteiger partial charge is 0.465 e. The van der Waals surface area contributed by atoms with Crippen molar-refractivity contribution in [2.75, 3.05) is 35.9 Å². The van der Waals surface area contributed by atoms with Crippen molar-refractivity contribution in [1.29, 1.82) is 0 Å². The van der Waals surface area contributed by atoms with E-state index in [9.17, 15) is 13.2 Å². The average molecular weight is 390 g/mol. The van der Waals surface area contributed by atoms with Crippen LogP contribution < -0.4 is 10.2 Å². The monoisotopic (exact) mass is 390 g/mol. The van der Waals surface area contributed by atoms with Crippen LogP contribution in [0.2, 0.25) is 0 Å². The number of carbonyl (C=O) groups is 1. The van der Waals surface area contributed by atoms with Gasteiger partial charge in [-0.15, -0.1) is 0 Å². The van der Waals surface area contributed by atoms with Crippen molar-refractivity contribution >= 4 is 33.3 Å². The summed E-state index contributed by atoms with van der Waals surface area (Å²) in [5.74, 6) is 1.00. The molecule has 0 amide bonds. The molecule has 8 nitrogen and oxygen atoms in total. The Morgan fingerprint density at radius 1 is 1.26 bits per heavy atom. The third-order valence-electron chi connectivity index (χ3n) is 4.49. The highest BCUT2D eigenvalue weighted by molar-refractivity contribution is 7.91. The van der Waals surface area contributed by atoms with Crippen molar-refractivity contribution in [1.82, 2.24) is 9.97 Å². The van der Waals surface area contributed by atoms with Crippen LogP contribution in [0.5, 0.6) is 0 Å². The molecular formula is C18H22N4O4S. The van der Waals surface area contributed by atoms with E-state index in [1.54, 1.807) is 30.3 Å². The number of aryl methyl sites for hydroxylation is 1. The molecule has 1 saturated heterocycles. The summed E-state index contributed by atoms with van der Waals surface area (Å²) in [5.41, 5.74) is 1.99. The molecule has 0 radical (unpaired) electrons. The third-order valence-corrected chi connectivity index (χ3v) is 6.24. The normalized spacial score (nSPS) is 18.1. The minimum absolute atomic E-state index is 0.121.